The fourth-order valence-corrected chi connectivity index (χ4v) is 3.31. The summed E-state index contributed by atoms with van der Waals surface area (Å²) >= 11 is 0. The van der Waals surface area contributed by atoms with Gasteiger partial charge in [-0.15, -0.1) is 0 Å². The van der Waals surface area contributed by atoms with Crippen molar-refractivity contribution in [1.29, 1.82) is 0 Å². The maximum absolute atomic E-state index is 12.4. The predicted molar refractivity (Wildman–Crippen MR) is 94.2 cm³/mol. The van der Waals surface area contributed by atoms with Crippen molar-refractivity contribution in [1.82, 2.24) is 9.88 Å². The van der Waals surface area contributed by atoms with Gasteiger partial charge in [-0.1, -0.05) is 36.4 Å². The van der Waals surface area contributed by atoms with Gasteiger partial charge in [-0.25, -0.2) is 0 Å². The van der Waals surface area contributed by atoms with Crippen LogP contribution in [0.4, 0.5) is 0 Å². The Hall–Kier alpha value is -3.08. The number of fused-ring (bicyclic) bond motifs is 1. The van der Waals surface area contributed by atoms with Gasteiger partial charge in [0.05, 0.1) is 5.92 Å². The normalized spacial score (nSPS) is 17.5. The third kappa shape index (κ3) is 2.67. The van der Waals surface area contributed by atoms with Crippen molar-refractivity contribution in [2.45, 2.75) is 18.9 Å². The number of benzene rings is 2. The molecule has 25 heavy (non-hydrogen) atoms. The largest absolute Gasteiger partial charge is 0.488 e. The molecule has 1 fully saturated rings. The van der Waals surface area contributed by atoms with Gasteiger partial charge in [0.25, 0.3) is 0 Å². The first-order valence-corrected chi connectivity index (χ1v) is 8.22. The van der Waals surface area contributed by atoms with Crippen molar-refractivity contribution in [3.05, 3.63) is 65.9 Å². The van der Waals surface area contributed by atoms with Crippen LogP contribution in [0.5, 0.6) is 5.75 Å². The zero-order valence-electron chi connectivity index (χ0n) is 13.9. The van der Waals surface area contributed by atoms with Crippen molar-refractivity contribution in [3.8, 4) is 5.75 Å². The van der Waals surface area contributed by atoms with Crippen LogP contribution in [0.15, 0.2) is 54.7 Å². The highest BCUT2D eigenvalue weighted by Crippen LogP contribution is 2.38. The zero-order chi connectivity index (χ0) is 17.4. The molecule has 0 radical (unpaired) electrons. The Labute approximate surface area is 145 Å². The predicted octanol–water partition coefficient (Wildman–Crippen LogP) is 3.22. The number of hydrogen-bond acceptors (Lipinski definition) is 3. The minimum atomic E-state index is -0.451. The van der Waals surface area contributed by atoms with Gasteiger partial charge in [0.15, 0.2) is 0 Å². The monoisotopic (exact) mass is 334 g/mol. The topological polar surface area (TPSA) is 62.4 Å². The number of H-pyrrole nitrogens is 1. The summed E-state index contributed by atoms with van der Waals surface area (Å²) in [4.78, 5) is 28.7. The number of imide groups is 1. The lowest BCUT2D eigenvalue weighted by Crippen LogP contribution is -2.25. The van der Waals surface area contributed by atoms with Gasteiger partial charge in [-0.2, -0.15) is 0 Å². The molecular weight excluding hydrogens is 316 g/mol. The first-order chi connectivity index (χ1) is 12.1. The van der Waals surface area contributed by atoms with E-state index in [0.717, 1.165) is 22.0 Å². The number of carbonyl (C=O) groups is 2. The zero-order valence-corrected chi connectivity index (χ0v) is 13.9. The van der Waals surface area contributed by atoms with Gasteiger partial charge in [-0.05, 0) is 23.3 Å². The molecule has 1 aromatic heterocycles. The lowest BCUT2D eigenvalue weighted by Gasteiger charge is -2.12. The first kappa shape index (κ1) is 15.4. The Kier molecular flexibility index (Phi) is 3.76. The quantitative estimate of drug-likeness (QED) is 0.745. The minimum Gasteiger partial charge on any atom is -0.488 e. The molecule has 3 aromatic rings. The number of nitrogens with one attached hydrogen (secondary N) is 1. The van der Waals surface area contributed by atoms with Gasteiger partial charge in [0.2, 0.25) is 11.8 Å². The molecule has 1 atom stereocenters. The number of ether oxygens (including phenoxy) is 1. The lowest BCUT2D eigenvalue weighted by molar-refractivity contribution is -0.137. The van der Waals surface area contributed by atoms with E-state index in [2.05, 4.69) is 4.98 Å². The van der Waals surface area contributed by atoms with Crippen LogP contribution in [0.2, 0.25) is 0 Å². The summed E-state index contributed by atoms with van der Waals surface area (Å²) in [6.45, 7) is 0.446. The number of likely N-dealkylation sites (tertiary alicyclic amines) is 1. The molecule has 1 unspecified atom stereocenters. The molecule has 1 aliphatic heterocycles. The molecule has 0 aliphatic carbocycles. The van der Waals surface area contributed by atoms with E-state index >= 15 is 0 Å². The molecule has 1 aliphatic rings. The molecule has 0 bridgehead atoms. The van der Waals surface area contributed by atoms with E-state index < -0.39 is 5.92 Å². The molecule has 5 heteroatoms. The number of likely N-dealkylation sites (N-methyl/N-ethyl adjacent to an activating group) is 1. The Morgan fingerprint density at radius 1 is 1.12 bits per heavy atom. The number of carbonyl (C=O) groups excluding carboxylic acids is 2. The van der Waals surface area contributed by atoms with Crippen LogP contribution >= 0.6 is 0 Å². The van der Waals surface area contributed by atoms with Gasteiger partial charge < -0.3 is 9.72 Å². The first-order valence-electron chi connectivity index (χ1n) is 8.22. The maximum atomic E-state index is 12.4. The van der Waals surface area contributed by atoms with Crippen LogP contribution < -0.4 is 4.74 Å². The van der Waals surface area contributed by atoms with E-state index in [-0.39, 0.29) is 18.2 Å². The van der Waals surface area contributed by atoms with E-state index in [1.807, 2.05) is 54.7 Å². The van der Waals surface area contributed by atoms with Gasteiger partial charge in [0, 0.05) is 30.6 Å². The summed E-state index contributed by atoms with van der Waals surface area (Å²) < 4.78 is 6.02. The van der Waals surface area contributed by atoms with Gasteiger partial charge >= 0.3 is 0 Å². The van der Waals surface area contributed by atoms with Crippen molar-refractivity contribution in [2.24, 2.45) is 0 Å². The van der Waals surface area contributed by atoms with Crippen molar-refractivity contribution in [3.63, 3.8) is 0 Å². The van der Waals surface area contributed by atoms with E-state index in [9.17, 15) is 9.59 Å². The lowest BCUT2D eigenvalue weighted by atomic mass is 9.96. The standard InChI is InChI=1S/C20H18N2O3/c1-22-18(23)10-14(20(22)24)15-11-21-16-8-5-9-17(19(15)16)25-12-13-6-3-2-4-7-13/h2-9,11,14,21H,10,12H2,1H3. The highest BCUT2D eigenvalue weighted by molar-refractivity contribution is 6.08. The summed E-state index contributed by atoms with van der Waals surface area (Å²) in [5.41, 5.74) is 2.79. The highest BCUT2D eigenvalue weighted by Gasteiger charge is 2.38. The Morgan fingerprint density at radius 2 is 1.92 bits per heavy atom. The number of hydrogen-bond donors (Lipinski definition) is 1. The summed E-state index contributed by atoms with van der Waals surface area (Å²) in [7, 11) is 1.53. The molecule has 5 nitrogen and oxygen atoms in total. The Bertz CT molecular complexity index is 946. The van der Waals surface area contributed by atoms with Crippen LogP contribution in [0.25, 0.3) is 10.9 Å². The number of aromatic amines is 1. The molecular formula is C20H18N2O3. The summed E-state index contributed by atoms with van der Waals surface area (Å²) in [6, 6.07) is 15.7. The summed E-state index contributed by atoms with van der Waals surface area (Å²) in [6.07, 6.45) is 2.02. The van der Waals surface area contributed by atoms with Crippen molar-refractivity contribution >= 4 is 22.7 Å². The molecule has 1 saturated heterocycles. The summed E-state index contributed by atoms with van der Waals surface area (Å²) in [5, 5.41) is 0.875. The van der Waals surface area contributed by atoms with Crippen LogP contribution in [0.1, 0.15) is 23.5 Å². The molecule has 4 rings (SSSR count). The highest BCUT2D eigenvalue weighted by atomic mass is 16.5. The van der Waals surface area contributed by atoms with Crippen LogP contribution in [0.3, 0.4) is 0 Å². The van der Waals surface area contributed by atoms with Gasteiger partial charge in [0.1, 0.15) is 12.4 Å². The maximum Gasteiger partial charge on any atom is 0.237 e. The smallest absolute Gasteiger partial charge is 0.237 e. The molecule has 0 spiro atoms. The van der Waals surface area contributed by atoms with Crippen molar-refractivity contribution in [2.75, 3.05) is 7.05 Å². The van der Waals surface area contributed by atoms with Crippen LogP contribution in [-0.2, 0) is 16.2 Å². The Morgan fingerprint density at radius 3 is 2.64 bits per heavy atom. The second-order valence-electron chi connectivity index (χ2n) is 6.24. The van der Waals surface area contributed by atoms with E-state index in [4.69, 9.17) is 4.74 Å². The van der Waals surface area contributed by atoms with Crippen LogP contribution in [-0.4, -0.2) is 28.7 Å². The number of amides is 2. The van der Waals surface area contributed by atoms with E-state index in [1.165, 1.54) is 11.9 Å². The minimum absolute atomic E-state index is 0.146. The number of aromatic nitrogens is 1. The average molecular weight is 334 g/mol. The average Bonchev–Trinajstić information content (AvgIpc) is 3.18. The van der Waals surface area contributed by atoms with Crippen LogP contribution in [0, 0.1) is 0 Å². The molecule has 1 N–H and O–H groups in total. The number of rotatable bonds is 4. The van der Waals surface area contributed by atoms with E-state index in [0.29, 0.717) is 12.4 Å². The molecule has 0 saturated carbocycles. The molecule has 2 amide bonds. The van der Waals surface area contributed by atoms with E-state index in [1.54, 1.807) is 0 Å². The molecule has 2 heterocycles. The molecule has 2 aromatic carbocycles. The Balaban J connectivity index is 1.70. The third-order valence-corrected chi connectivity index (χ3v) is 4.69. The SMILES string of the molecule is CN1C(=O)CC(c2c[nH]c3cccc(OCc4ccccc4)c23)C1=O. The van der Waals surface area contributed by atoms with Gasteiger partial charge in [-0.3, -0.25) is 14.5 Å². The fourth-order valence-electron chi connectivity index (χ4n) is 3.31. The third-order valence-electron chi connectivity index (χ3n) is 4.69. The fraction of sp³-hybridized carbons (Fsp3) is 0.200. The number of nitrogens with zero attached hydrogens (tertiary/aromatic N) is 1. The second kappa shape index (κ2) is 6.09. The molecule has 126 valence electrons. The second-order valence-corrected chi connectivity index (χ2v) is 6.24. The summed E-state index contributed by atoms with van der Waals surface area (Å²) in [5.74, 6) is -0.0454. The van der Waals surface area contributed by atoms with Crippen molar-refractivity contribution < 1.29 is 14.3 Å².